The van der Waals surface area contributed by atoms with Crippen molar-refractivity contribution in [1.82, 2.24) is 0 Å². The third-order valence-electron chi connectivity index (χ3n) is 4.93. The fourth-order valence-electron chi connectivity index (χ4n) is 3.52. The fourth-order valence-corrected chi connectivity index (χ4v) is 3.52. The van der Waals surface area contributed by atoms with Crippen LogP contribution in [0.2, 0.25) is 0 Å². The lowest BCUT2D eigenvalue weighted by Crippen LogP contribution is -2.28. The molecule has 1 aromatic heterocycles. The second-order valence-electron chi connectivity index (χ2n) is 6.77. The zero-order valence-corrected chi connectivity index (χ0v) is 16.8. The molecule has 1 amide bonds. The lowest BCUT2D eigenvalue weighted by molar-refractivity contribution is 0.0963. The summed E-state index contributed by atoms with van der Waals surface area (Å²) in [5.74, 6) is 0.155. The van der Waals surface area contributed by atoms with E-state index in [-0.39, 0.29) is 5.76 Å². The highest BCUT2D eigenvalue weighted by molar-refractivity contribution is 6.13. The van der Waals surface area contributed by atoms with Gasteiger partial charge in [-0.15, -0.1) is 0 Å². The zero-order chi connectivity index (χ0) is 21.1. The van der Waals surface area contributed by atoms with E-state index in [1.54, 1.807) is 31.3 Å². The van der Waals surface area contributed by atoms with E-state index in [1.165, 1.54) is 4.90 Å². The van der Waals surface area contributed by atoms with Crippen molar-refractivity contribution < 1.29 is 13.9 Å². The SMILES string of the molecule is CCOc1ccccc1N(C)C(=O)c1oc(=O)c2ccccc2c1-c1ccccc1. The number of benzene rings is 3. The molecule has 0 radical (unpaired) electrons. The molecule has 0 aliphatic heterocycles. The molecule has 1 heterocycles. The van der Waals surface area contributed by atoms with Crippen LogP contribution in [-0.4, -0.2) is 19.6 Å². The van der Waals surface area contributed by atoms with Crippen LogP contribution < -0.4 is 15.3 Å². The van der Waals surface area contributed by atoms with E-state index in [2.05, 4.69) is 0 Å². The molecule has 3 aromatic carbocycles. The van der Waals surface area contributed by atoms with E-state index >= 15 is 0 Å². The normalized spacial score (nSPS) is 10.7. The minimum Gasteiger partial charge on any atom is -0.492 e. The van der Waals surface area contributed by atoms with Crippen LogP contribution in [0.25, 0.3) is 21.9 Å². The molecule has 0 atom stereocenters. The van der Waals surface area contributed by atoms with E-state index in [9.17, 15) is 9.59 Å². The minimum absolute atomic E-state index is 0.00120. The van der Waals surface area contributed by atoms with Crippen molar-refractivity contribution in [3.8, 4) is 16.9 Å². The van der Waals surface area contributed by atoms with E-state index in [4.69, 9.17) is 9.15 Å². The van der Waals surface area contributed by atoms with Crippen LogP contribution in [0.1, 0.15) is 17.5 Å². The largest absolute Gasteiger partial charge is 0.492 e. The summed E-state index contributed by atoms with van der Waals surface area (Å²) >= 11 is 0. The van der Waals surface area contributed by atoms with Crippen molar-refractivity contribution >= 4 is 22.4 Å². The van der Waals surface area contributed by atoms with Crippen molar-refractivity contribution in [3.05, 3.63) is 95.0 Å². The van der Waals surface area contributed by atoms with Crippen LogP contribution in [0.15, 0.2) is 88.1 Å². The van der Waals surface area contributed by atoms with E-state index in [1.807, 2.05) is 61.5 Å². The number of hydrogen-bond donors (Lipinski definition) is 0. The second-order valence-corrected chi connectivity index (χ2v) is 6.77. The van der Waals surface area contributed by atoms with Gasteiger partial charge in [0, 0.05) is 18.0 Å². The van der Waals surface area contributed by atoms with E-state index < -0.39 is 11.5 Å². The minimum atomic E-state index is -0.542. The van der Waals surface area contributed by atoms with Gasteiger partial charge in [-0.05, 0) is 30.7 Å². The Morgan fingerprint density at radius 3 is 2.27 bits per heavy atom. The van der Waals surface area contributed by atoms with E-state index in [0.29, 0.717) is 34.4 Å². The van der Waals surface area contributed by atoms with Crippen molar-refractivity contribution in [1.29, 1.82) is 0 Å². The van der Waals surface area contributed by atoms with Gasteiger partial charge in [0.25, 0.3) is 5.91 Å². The van der Waals surface area contributed by atoms with Crippen molar-refractivity contribution in [2.45, 2.75) is 6.92 Å². The third-order valence-corrected chi connectivity index (χ3v) is 4.93. The first-order valence-electron chi connectivity index (χ1n) is 9.73. The number of para-hydroxylation sites is 2. The van der Waals surface area contributed by atoms with Gasteiger partial charge in [-0.25, -0.2) is 4.79 Å². The summed E-state index contributed by atoms with van der Waals surface area (Å²) in [6.07, 6.45) is 0. The first-order valence-corrected chi connectivity index (χ1v) is 9.73. The third kappa shape index (κ3) is 3.46. The van der Waals surface area contributed by atoms with Gasteiger partial charge in [-0.1, -0.05) is 60.7 Å². The van der Waals surface area contributed by atoms with Gasteiger partial charge in [0.1, 0.15) is 5.75 Å². The molecule has 0 spiro atoms. The molecule has 5 nitrogen and oxygen atoms in total. The molecule has 0 unspecified atom stereocenters. The molecule has 4 aromatic rings. The van der Waals surface area contributed by atoms with Gasteiger partial charge in [-0.2, -0.15) is 0 Å². The molecule has 0 saturated heterocycles. The molecule has 0 N–H and O–H groups in total. The highest BCUT2D eigenvalue weighted by Gasteiger charge is 2.26. The number of hydrogen-bond acceptors (Lipinski definition) is 4. The summed E-state index contributed by atoms with van der Waals surface area (Å²) in [4.78, 5) is 27.6. The molecule has 0 fully saturated rings. The number of nitrogens with zero attached hydrogens (tertiary/aromatic N) is 1. The second kappa shape index (κ2) is 8.25. The monoisotopic (exact) mass is 399 g/mol. The van der Waals surface area contributed by atoms with Crippen molar-refractivity contribution in [3.63, 3.8) is 0 Å². The maximum absolute atomic E-state index is 13.5. The van der Waals surface area contributed by atoms with Gasteiger partial charge in [0.05, 0.1) is 17.7 Å². The molecule has 150 valence electrons. The topological polar surface area (TPSA) is 59.8 Å². The quantitative estimate of drug-likeness (QED) is 0.466. The predicted molar refractivity (Wildman–Crippen MR) is 118 cm³/mol. The molecular formula is C25H21NO4. The van der Waals surface area contributed by atoms with Crippen LogP contribution in [0.4, 0.5) is 5.69 Å². The number of rotatable bonds is 5. The lowest BCUT2D eigenvalue weighted by Gasteiger charge is -2.21. The molecule has 0 bridgehead atoms. The predicted octanol–water partition coefficient (Wildman–Crippen LogP) is 5.14. The zero-order valence-electron chi connectivity index (χ0n) is 16.8. The van der Waals surface area contributed by atoms with Gasteiger partial charge in [0.2, 0.25) is 5.76 Å². The Morgan fingerprint density at radius 2 is 1.53 bits per heavy atom. The average Bonchev–Trinajstić information content (AvgIpc) is 2.79. The van der Waals surface area contributed by atoms with E-state index in [0.717, 1.165) is 5.56 Å². The summed E-state index contributed by atoms with van der Waals surface area (Å²) < 4.78 is 11.3. The summed E-state index contributed by atoms with van der Waals surface area (Å²) in [7, 11) is 1.64. The summed E-state index contributed by atoms with van der Waals surface area (Å²) in [5, 5.41) is 1.11. The van der Waals surface area contributed by atoms with Crippen molar-refractivity contribution in [2.24, 2.45) is 0 Å². The first-order chi connectivity index (χ1) is 14.6. The highest BCUT2D eigenvalue weighted by Crippen LogP contribution is 2.33. The highest BCUT2D eigenvalue weighted by atomic mass is 16.5. The number of ether oxygens (including phenoxy) is 1. The molecule has 4 rings (SSSR count). The smallest absolute Gasteiger partial charge is 0.344 e. The molecule has 30 heavy (non-hydrogen) atoms. The summed E-state index contributed by atoms with van der Waals surface area (Å²) in [6.45, 7) is 2.36. The number of anilines is 1. The lowest BCUT2D eigenvalue weighted by atomic mass is 9.98. The fraction of sp³-hybridized carbons (Fsp3) is 0.120. The van der Waals surface area contributed by atoms with Crippen LogP contribution in [0.5, 0.6) is 5.75 Å². The number of carbonyl (C=O) groups is 1. The number of fused-ring (bicyclic) bond motifs is 1. The van der Waals surface area contributed by atoms with Crippen LogP contribution in [0, 0.1) is 0 Å². The molecule has 0 aliphatic rings. The Kier molecular flexibility index (Phi) is 5.35. The first kappa shape index (κ1) is 19.5. The Bertz CT molecular complexity index is 1260. The van der Waals surface area contributed by atoms with Crippen LogP contribution >= 0.6 is 0 Å². The Balaban J connectivity index is 1.93. The summed E-state index contributed by atoms with van der Waals surface area (Å²) in [6, 6.07) is 23.9. The van der Waals surface area contributed by atoms with Crippen LogP contribution in [-0.2, 0) is 0 Å². The molecule has 5 heteroatoms. The average molecular weight is 399 g/mol. The molecular weight excluding hydrogens is 378 g/mol. The Hall–Kier alpha value is -3.86. The van der Waals surface area contributed by atoms with Gasteiger partial charge >= 0.3 is 5.63 Å². The standard InChI is InChI=1S/C25H21NO4/c1-3-29-21-16-10-9-15-20(21)26(2)24(27)23-22(17-11-5-4-6-12-17)18-13-7-8-14-19(18)25(28)30-23/h4-16H,3H2,1-2H3. The van der Waals surface area contributed by atoms with Gasteiger partial charge in [0.15, 0.2) is 0 Å². The molecule has 0 saturated carbocycles. The summed E-state index contributed by atoms with van der Waals surface area (Å²) in [5.41, 5.74) is 1.45. The number of amides is 1. The Morgan fingerprint density at radius 1 is 0.900 bits per heavy atom. The van der Waals surface area contributed by atoms with Crippen LogP contribution in [0.3, 0.4) is 0 Å². The maximum Gasteiger partial charge on any atom is 0.344 e. The van der Waals surface area contributed by atoms with Gasteiger partial charge in [-0.3, -0.25) is 4.79 Å². The van der Waals surface area contributed by atoms with Gasteiger partial charge < -0.3 is 14.1 Å². The number of carbonyl (C=O) groups excluding carboxylic acids is 1. The van der Waals surface area contributed by atoms with Crippen molar-refractivity contribution in [2.75, 3.05) is 18.6 Å². The Labute approximate surface area is 174 Å². The maximum atomic E-state index is 13.5. The molecule has 0 aliphatic carbocycles.